The molecular formula is C19H19N3O2. The van der Waals surface area contributed by atoms with Crippen LogP contribution < -0.4 is 10.7 Å². The second kappa shape index (κ2) is 7.00. The number of aliphatic hydroxyl groups is 1. The van der Waals surface area contributed by atoms with Crippen molar-refractivity contribution in [3.63, 3.8) is 0 Å². The third-order valence-electron chi connectivity index (χ3n) is 3.89. The van der Waals surface area contributed by atoms with Gasteiger partial charge in [-0.05, 0) is 31.0 Å². The van der Waals surface area contributed by atoms with Crippen molar-refractivity contribution in [3.05, 3.63) is 77.6 Å². The maximum absolute atomic E-state index is 12.2. The fraction of sp³-hybridized carbons (Fsp3) is 0.158. The second-order valence-electron chi connectivity index (χ2n) is 5.65. The van der Waals surface area contributed by atoms with Crippen LogP contribution in [0.25, 0.3) is 0 Å². The van der Waals surface area contributed by atoms with Crippen molar-refractivity contribution in [3.8, 4) is 0 Å². The number of anilines is 1. The first kappa shape index (κ1) is 15.8. The highest BCUT2D eigenvalue weighted by atomic mass is 16.3. The SMILES string of the molecule is CC(=NNc1ccccc1)C1=C(O)C(Cc2ccccc2)NC1=O. The molecule has 3 N–H and O–H groups in total. The van der Waals surface area contributed by atoms with E-state index in [1.54, 1.807) is 6.92 Å². The number of carbonyl (C=O) groups excluding carboxylic acids is 1. The molecule has 5 heteroatoms. The monoisotopic (exact) mass is 321 g/mol. The molecule has 5 nitrogen and oxygen atoms in total. The summed E-state index contributed by atoms with van der Waals surface area (Å²) in [6.45, 7) is 1.70. The molecular weight excluding hydrogens is 302 g/mol. The average molecular weight is 321 g/mol. The number of nitrogens with one attached hydrogen (secondary N) is 2. The quantitative estimate of drug-likeness (QED) is 0.585. The van der Waals surface area contributed by atoms with Crippen molar-refractivity contribution in [1.29, 1.82) is 0 Å². The molecule has 0 saturated heterocycles. The average Bonchev–Trinajstić information content (AvgIpc) is 2.88. The Balaban J connectivity index is 1.76. The van der Waals surface area contributed by atoms with Crippen molar-refractivity contribution in [2.75, 3.05) is 5.43 Å². The number of hydrogen-bond acceptors (Lipinski definition) is 4. The molecule has 1 aliphatic rings. The molecule has 122 valence electrons. The lowest BCUT2D eigenvalue weighted by molar-refractivity contribution is -0.116. The van der Waals surface area contributed by atoms with Gasteiger partial charge >= 0.3 is 0 Å². The molecule has 1 unspecified atom stereocenters. The van der Waals surface area contributed by atoms with Crippen LogP contribution in [-0.4, -0.2) is 22.8 Å². The van der Waals surface area contributed by atoms with Gasteiger partial charge in [-0.3, -0.25) is 10.2 Å². The van der Waals surface area contributed by atoms with E-state index in [-0.39, 0.29) is 17.2 Å². The number of hydrazone groups is 1. The predicted octanol–water partition coefficient (Wildman–Crippen LogP) is 3.03. The van der Waals surface area contributed by atoms with Gasteiger partial charge in [-0.1, -0.05) is 48.5 Å². The van der Waals surface area contributed by atoms with Crippen molar-refractivity contribution in [2.45, 2.75) is 19.4 Å². The lowest BCUT2D eigenvalue weighted by Gasteiger charge is -2.10. The van der Waals surface area contributed by atoms with Crippen LogP contribution in [0.1, 0.15) is 12.5 Å². The van der Waals surface area contributed by atoms with Crippen LogP contribution in [0.4, 0.5) is 5.69 Å². The van der Waals surface area contributed by atoms with E-state index in [4.69, 9.17) is 0 Å². The predicted molar refractivity (Wildman–Crippen MR) is 94.9 cm³/mol. The lowest BCUT2D eigenvalue weighted by atomic mass is 10.0. The van der Waals surface area contributed by atoms with E-state index in [1.807, 2.05) is 60.7 Å². The molecule has 24 heavy (non-hydrogen) atoms. The summed E-state index contributed by atoms with van der Waals surface area (Å²) >= 11 is 0. The lowest BCUT2D eigenvalue weighted by Crippen LogP contribution is -2.31. The Labute approximate surface area is 140 Å². The fourth-order valence-electron chi connectivity index (χ4n) is 2.65. The minimum absolute atomic E-state index is 0.0416. The summed E-state index contributed by atoms with van der Waals surface area (Å²) in [6, 6.07) is 18.8. The first-order valence-corrected chi connectivity index (χ1v) is 7.79. The molecule has 1 amide bonds. The van der Waals surface area contributed by atoms with E-state index < -0.39 is 6.04 Å². The fourth-order valence-corrected chi connectivity index (χ4v) is 2.65. The molecule has 2 aromatic carbocycles. The van der Waals surface area contributed by atoms with Gasteiger partial charge in [-0.25, -0.2) is 0 Å². The topological polar surface area (TPSA) is 73.7 Å². The first-order valence-electron chi connectivity index (χ1n) is 7.79. The zero-order valence-corrected chi connectivity index (χ0v) is 13.4. The van der Waals surface area contributed by atoms with Crippen LogP contribution in [0.3, 0.4) is 0 Å². The van der Waals surface area contributed by atoms with Crippen molar-refractivity contribution in [1.82, 2.24) is 5.32 Å². The summed E-state index contributed by atoms with van der Waals surface area (Å²) in [5, 5.41) is 17.5. The minimum Gasteiger partial charge on any atom is -0.509 e. The van der Waals surface area contributed by atoms with E-state index in [0.29, 0.717) is 12.1 Å². The van der Waals surface area contributed by atoms with Crippen molar-refractivity contribution < 1.29 is 9.90 Å². The van der Waals surface area contributed by atoms with Gasteiger partial charge in [0.15, 0.2) is 0 Å². The molecule has 0 aromatic heterocycles. The molecule has 0 radical (unpaired) electrons. The summed E-state index contributed by atoms with van der Waals surface area (Å²) in [7, 11) is 0. The highest BCUT2D eigenvalue weighted by molar-refractivity contribution is 6.22. The van der Waals surface area contributed by atoms with E-state index in [0.717, 1.165) is 11.3 Å². The Hall–Kier alpha value is -3.08. The smallest absolute Gasteiger partial charge is 0.257 e. The highest BCUT2D eigenvalue weighted by Gasteiger charge is 2.33. The molecule has 0 aliphatic carbocycles. The van der Waals surface area contributed by atoms with Crippen molar-refractivity contribution in [2.24, 2.45) is 5.10 Å². The van der Waals surface area contributed by atoms with Crippen LogP contribution in [0.5, 0.6) is 0 Å². The van der Waals surface area contributed by atoms with Crippen LogP contribution in [-0.2, 0) is 11.2 Å². The van der Waals surface area contributed by atoms with Gasteiger partial charge in [0.25, 0.3) is 5.91 Å². The molecule has 0 bridgehead atoms. The Morgan fingerprint density at radius 1 is 1.12 bits per heavy atom. The molecule has 1 heterocycles. The number of nitrogens with zero attached hydrogens (tertiary/aromatic N) is 1. The number of para-hydroxylation sites is 1. The van der Waals surface area contributed by atoms with Crippen molar-refractivity contribution >= 4 is 17.3 Å². The maximum Gasteiger partial charge on any atom is 0.257 e. The molecule has 3 rings (SSSR count). The van der Waals surface area contributed by atoms with Crippen LogP contribution in [0.15, 0.2) is 77.1 Å². The van der Waals surface area contributed by atoms with Gasteiger partial charge in [0, 0.05) is 0 Å². The summed E-state index contributed by atoms with van der Waals surface area (Å²) < 4.78 is 0. The molecule has 1 aliphatic heterocycles. The Morgan fingerprint density at radius 3 is 2.42 bits per heavy atom. The Kier molecular flexibility index (Phi) is 4.61. The van der Waals surface area contributed by atoms with Gasteiger partial charge in [0.05, 0.1) is 17.4 Å². The number of hydrogen-bond donors (Lipinski definition) is 3. The maximum atomic E-state index is 12.2. The van der Waals surface area contributed by atoms with E-state index in [2.05, 4.69) is 15.8 Å². The van der Waals surface area contributed by atoms with Gasteiger partial charge in [0.1, 0.15) is 11.3 Å². The van der Waals surface area contributed by atoms with Crippen LogP contribution in [0, 0.1) is 0 Å². The summed E-state index contributed by atoms with van der Waals surface area (Å²) in [4.78, 5) is 12.2. The number of amides is 1. The summed E-state index contributed by atoms with van der Waals surface area (Å²) in [5.74, 6) is -0.260. The van der Waals surface area contributed by atoms with E-state index >= 15 is 0 Å². The zero-order valence-electron chi connectivity index (χ0n) is 13.4. The third-order valence-corrected chi connectivity index (χ3v) is 3.89. The Bertz CT molecular complexity index is 783. The minimum atomic E-state index is -0.420. The number of carbonyl (C=O) groups is 1. The summed E-state index contributed by atoms with van der Waals surface area (Å²) in [5.41, 5.74) is 5.44. The Morgan fingerprint density at radius 2 is 1.75 bits per heavy atom. The second-order valence-corrected chi connectivity index (χ2v) is 5.65. The molecule has 0 fully saturated rings. The standard InChI is InChI=1S/C19H19N3O2/c1-13(21-22-15-10-6-3-7-11-15)17-18(23)16(20-19(17)24)12-14-8-4-2-5-9-14/h2-11,16,22-23H,12H2,1H3,(H,20,24). The molecule has 1 atom stereocenters. The largest absolute Gasteiger partial charge is 0.509 e. The zero-order chi connectivity index (χ0) is 16.9. The number of rotatable bonds is 5. The van der Waals surface area contributed by atoms with E-state index in [1.165, 1.54) is 0 Å². The third kappa shape index (κ3) is 3.46. The highest BCUT2D eigenvalue weighted by Crippen LogP contribution is 2.20. The normalized spacial score (nSPS) is 17.8. The van der Waals surface area contributed by atoms with Crippen LogP contribution in [0.2, 0.25) is 0 Å². The molecule has 0 spiro atoms. The molecule has 2 aromatic rings. The van der Waals surface area contributed by atoms with E-state index in [9.17, 15) is 9.90 Å². The summed E-state index contributed by atoms with van der Waals surface area (Å²) in [6.07, 6.45) is 0.543. The van der Waals surface area contributed by atoms with Gasteiger partial charge in [-0.15, -0.1) is 0 Å². The van der Waals surface area contributed by atoms with Gasteiger partial charge < -0.3 is 10.4 Å². The van der Waals surface area contributed by atoms with Gasteiger partial charge in [-0.2, -0.15) is 5.10 Å². The van der Waals surface area contributed by atoms with Gasteiger partial charge in [0.2, 0.25) is 0 Å². The first-order chi connectivity index (χ1) is 11.6. The number of benzene rings is 2. The van der Waals surface area contributed by atoms with Crippen LogP contribution >= 0.6 is 0 Å². The number of aliphatic hydroxyl groups excluding tert-OH is 1. The molecule has 0 saturated carbocycles.